The predicted molar refractivity (Wildman–Crippen MR) is 118 cm³/mol. The molecule has 6 heteroatoms. The molecule has 0 bridgehead atoms. The molecule has 0 aliphatic carbocycles. The number of nitrogens with zero attached hydrogens (tertiary/aromatic N) is 2. The Morgan fingerprint density at radius 3 is 2.53 bits per heavy atom. The Morgan fingerprint density at radius 2 is 1.87 bits per heavy atom. The van der Waals surface area contributed by atoms with E-state index in [4.69, 9.17) is 0 Å². The van der Waals surface area contributed by atoms with Crippen LogP contribution in [0.2, 0.25) is 0 Å². The number of amides is 2. The summed E-state index contributed by atoms with van der Waals surface area (Å²) in [4.78, 5) is 30.8. The first-order valence-corrected chi connectivity index (χ1v) is 10.8. The number of hydrogen-bond acceptors (Lipinski definition) is 4. The van der Waals surface area contributed by atoms with Crippen LogP contribution in [0.15, 0.2) is 66.0 Å². The molecule has 2 atom stereocenters. The summed E-state index contributed by atoms with van der Waals surface area (Å²) in [6.45, 7) is 2.30. The van der Waals surface area contributed by atoms with Crippen molar-refractivity contribution in [2.75, 3.05) is 11.9 Å². The number of aryl methyl sites for hydroxylation is 1. The molecule has 154 valence electrons. The van der Waals surface area contributed by atoms with Crippen LogP contribution in [0.5, 0.6) is 5.75 Å². The van der Waals surface area contributed by atoms with Gasteiger partial charge in [-0.25, -0.2) is 0 Å². The largest absolute Gasteiger partial charge is 0.508 e. The first kappa shape index (κ1) is 20.2. The monoisotopic (exact) mass is 420 g/mol. The number of phenols is 1. The van der Waals surface area contributed by atoms with Gasteiger partial charge in [0.05, 0.1) is 12.0 Å². The van der Waals surface area contributed by atoms with Gasteiger partial charge in [0.25, 0.3) is 0 Å². The quantitative estimate of drug-likeness (QED) is 0.660. The summed E-state index contributed by atoms with van der Waals surface area (Å²) in [6.07, 6.45) is 0.167. The molecule has 5 nitrogen and oxygen atoms in total. The van der Waals surface area contributed by atoms with Gasteiger partial charge in [0.15, 0.2) is 0 Å². The Morgan fingerprint density at radius 1 is 1.13 bits per heavy atom. The first-order valence-electron chi connectivity index (χ1n) is 9.89. The van der Waals surface area contributed by atoms with Gasteiger partial charge in [-0.05, 0) is 36.6 Å². The van der Waals surface area contributed by atoms with Gasteiger partial charge >= 0.3 is 0 Å². The molecule has 1 fully saturated rings. The maximum absolute atomic E-state index is 13.4. The Kier molecular flexibility index (Phi) is 5.59. The number of anilines is 1. The highest BCUT2D eigenvalue weighted by Crippen LogP contribution is 2.43. The molecule has 0 unspecified atom stereocenters. The molecule has 1 N–H and O–H groups in total. The van der Waals surface area contributed by atoms with E-state index in [0.29, 0.717) is 5.56 Å². The summed E-state index contributed by atoms with van der Waals surface area (Å²) in [7, 11) is 1.72. The first-order chi connectivity index (χ1) is 14.5. The predicted octanol–water partition coefficient (Wildman–Crippen LogP) is 4.51. The highest BCUT2D eigenvalue weighted by molar-refractivity contribution is 7.10. The van der Waals surface area contributed by atoms with E-state index in [1.165, 1.54) is 0 Å². The van der Waals surface area contributed by atoms with Crippen molar-refractivity contribution in [1.82, 2.24) is 4.90 Å². The van der Waals surface area contributed by atoms with Crippen LogP contribution >= 0.6 is 11.3 Å². The molecule has 30 heavy (non-hydrogen) atoms. The summed E-state index contributed by atoms with van der Waals surface area (Å²) >= 11 is 1.56. The third-order valence-corrected chi connectivity index (χ3v) is 6.50. The SMILES string of the molecule is Cc1ccc(N2C(=O)C[C@H](C(=O)N(C)Cc3ccccc3O)[C@@H]2c2cccs2)cc1. The van der Waals surface area contributed by atoms with E-state index in [9.17, 15) is 14.7 Å². The molecular weight excluding hydrogens is 396 g/mol. The second kappa shape index (κ2) is 8.32. The molecule has 2 heterocycles. The smallest absolute Gasteiger partial charge is 0.228 e. The number of carbonyl (C=O) groups is 2. The standard InChI is InChI=1S/C24H24N2O3S/c1-16-9-11-18(12-10-16)26-22(28)14-19(23(26)21-8-5-13-30-21)24(29)25(2)15-17-6-3-4-7-20(17)27/h3-13,19,23,27H,14-15H2,1-2H3/t19-,23+/m0/s1. The van der Waals surface area contributed by atoms with Crippen LogP contribution in [0.3, 0.4) is 0 Å². The second-order valence-electron chi connectivity index (χ2n) is 7.69. The van der Waals surface area contributed by atoms with E-state index in [2.05, 4.69) is 0 Å². The van der Waals surface area contributed by atoms with Gasteiger partial charge in [0.1, 0.15) is 5.75 Å². The van der Waals surface area contributed by atoms with Crippen LogP contribution in [0.4, 0.5) is 5.69 Å². The molecule has 1 aliphatic heterocycles. The molecule has 0 spiro atoms. The van der Waals surface area contributed by atoms with Gasteiger partial charge in [-0.3, -0.25) is 9.59 Å². The number of aromatic hydroxyl groups is 1. The minimum atomic E-state index is -0.478. The fourth-order valence-electron chi connectivity index (χ4n) is 4.01. The lowest BCUT2D eigenvalue weighted by Gasteiger charge is -2.29. The highest BCUT2D eigenvalue weighted by Gasteiger charge is 2.46. The van der Waals surface area contributed by atoms with Crippen LogP contribution in [0.25, 0.3) is 0 Å². The Hall–Kier alpha value is -3.12. The van der Waals surface area contributed by atoms with Crippen molar-refractivity contribution in [3.63, 3.8) is 0 Å². The normalized spacial score (nSPS) is 18.6. The summed E-state index contributed by atoms with van der Waals surface area (Å²) in [5.41, 5.74) is 2.61. The molecule has 4 rings (SSSR count). The van der Waals surface area contributed by atoms with E-state index in [1.54, 1.807) is 46.4 Å². The van der Waals surface area contributed by atoms with Gasteiger partial charge in [-0.1, -0.05) is 42.0 Å². The zero-order chi connectivity index (χ0) is 21.3. The van der Waals surface area contributed by atoms with Crippen molar-refractivity contribution in [2.24, 2.45) is 5.92 Å². The fourth-order valence-corrected chi connectivity index (χ4v) is 4.89. The number of para-hydroxylation sites is 1. The van der Waals surface area contributed by atoms with Crippen molar-refractivity contribution >= 4 is 28.8 Å². The maximum atomic E-state index is 13.4. The van der Waals surface area contributed by atoms with Crippen molar-refractivity contribution in [3.8, 4) is 5.75 Å². The summed E-state index contributed by atoms with van der Waals surface area (Å²) in [6, 6.07) is 18.4. The molecular formula is C24H24N2O3S. The Balaban J connectivity index is 1.64. The van der Waals surface area contributed by atoms with E-state index in [1.807, 2.05) is 54.8 Å². The van der Waals surface area contributed by atoms with Gasteiger partial charge in [0.2, 0.25) is 11.8 Å². The van der Waals surface area contributed by atoms with E-state index in [0.717, 1.165) is 16.1 Å². The molecule has 2 amide bonds. The summed E-state index contributed by atoms with van der Waals surface area (Å²) in [5.74, 6) is -0.463. The molecule has 0 saturated carbocycles. The van der Waals surface area contributed by atoms with E-state index < -0.39 is 5.92 Å². The van der Waals surface area contributed by atoms with Crippen LogP contribution in [0, 0.1) is 12.8 Å². The number of hydrogen-bond donors (Lipinski definition) is 1. The number of rotatable bonds is 5. The molecule has 1 saturated heterocycles. The molecule has 3 aromatic rings. The lowest BCUT2D eigenvalue weighted by molar-refractivity contribution is -0.135. The lowest BCUT2D eigenvalue weighted by atomic mass is 9.96. The van der Waals surface area contributed by atoms with E-state index in [-0.39, 0.29) is 36.6 Å². The van der Waals surface area contributed by atoms with Gasteiger partial charge in [0, 0.05) is 36.1 Å². The minimum Gasteiger partial charge on any atom is -0.508 e. The van der Waals surface area contributed by atoms with Crippen molar-refractivity contribution in [1.29, 1.82) is 0 Å². The molecule has 1 aromatic heterocycles. The zero-order valence-electron chi connectivity index (χ0n) is 17.0. The average molecular weight is 421 g/mol. The zero-order valence-corrected chi connectivity index (χ0v) is 17.8. The summed E-state index contributed by atoms with van der Waals surface area (Å²) in [5, 5.41) is 12.0. The maximum Gasteiger partial charge on any atom is 0.228 e. The Bertz CT molecular complexity index is 1050. The van der Waals surface area contributed by atoms with Crippen LogP contribution in [0.1, 0.15) is 28.5 Å². The topological polar surface area (TPSA) is 60.9 Å². The molecule has 1 aliphatic rings. The fraction of sp³-hybridized carbons (Fsp3) is 0.250. The van der Waals surface area contributed by atoms with Crippen LogP contribution < -0.4 is 4.90 Å². The number of thiophene rings is 1. The lowest BCUT2D eigenvalue weighted by Crippen LogP contribution is -2.36. The van der Waals surface area contributed by atoms with Gasteiger partial charge in [-0.2, -0.15) is 0 Å². The summed E-state index contributed by atoms with van der Waals surface area (Å²) < 4.78 is 0. The van der Waals surface area contributed by atoms with Gasteiger partial charge in [-0.15, -0.1) is 11.3 Å². The minimum absolute atomic E-state index is 0.0495. The number of phenolic OH excluding ortho intramolecular Hbond substituents is 1. The Labute approximate surface area is 180 Å². The highest BCUT2D eigenvalue weighted by atomic mass is 32.1. The third kappa shape index (κ3) is 3.83. The van der Waals surface area contributed by atoms with Crippen molar-refractivity contribution in [3.05, 3.63) is 82.0 Å². The van der Waals surface area contributed by atoms with Crippen molar-refractivity contribution < 1.29 is 14.7 Å². The van der Waals surface area contributed by atoms with E-state index >= 15 is 0 Å². The average Bonchev–Trinajstić information content (AvgIpc) is 3.37. The van der Waals surface area contributed by atoms with Crippen molar-refractivity contribution in [2.45, 2.75) is 25.9 Å². The number of benzene rings is 2. The second-order valence-corrected chi connectivity index (χ2v) is 8.67. The third-order valence-electron chi connectivity index (χ3n) is 5.56. The van der Waals surface area contributed by atoms with Gasteiger partial charge < -0.3 is 14.9 Å². The molecule has 0 radical (unpaired) electrons. The molecule has 2 aromatic carbocycles. The van der Waals surface area contributed by atoms with Crippen LogP contribution in [-0.2, 0) is 16.1 Å². The van der Waals surface area contributed by atoms with Crippen LogP contribution in [-0.4, -0.2) is 28.9 Å². The number of carbonyl (C=O) groups excluding carboxylic acids is 2.